The van der Waals surface area contributed by atoms with E-state index in [-0.39, 0.29) is 5.91 Å². The van der Waals surface area contributed by atoms with Crippen LogP contribution in [-0.4, -0.2) is 38.0 Å². The third-order valence-corrected chi connectivity index (χ3v) is 4.69. The van der Waals surface area contributed by atoms with Crippen molar-refractivity contribution in [3.63, 3.8) is 0 Å². The van der Waals surface area contributed by atoms with Gasteiger partial charge >= 0.3 is 0 Å². The number of carbonyl (C=O) groups is 1. The zero-order valence-corrected chi connectivity index (χ0v) is 15.3. The van der Waals surface area contributed by atoms with Crippen LogP contribution in [0.15, 0.2) is 4.99 Å². The van der Waals surface area contributed by atoms with Crippen LogP contribution in [0.3, 0.4) is 0 Å². The molecule has 134 valence electrons. The van der Waals surface area contributed by atoms with E-state index in [2.05, 4.69) is 41.7 Å². The fourth-order valence-corrected chi connectivity index (χ4v) is 3.04. The Balaban J connectivity index is 2.20. The molecule has 1 fully saturated rings. The van der Waals surface area contributed by atoms with E-state index < -0.39 is 0 Å². The quantitative estimate of drug-likeness (QED) is 0.329. The second kappa shape index (κ2) is 12.2. The second-order valence-electron chi connectivity index (χ2n) is 6.53. The first-order chi connectivity index (χ1) is 11.2. The van der Waals surface area contributed by atoms with Crippen LogP contribution in [0.5, 0.6) is 0 Å². The lowest BCUT2D eigenvalue weighted by molar-refractivity contribution is -0.121. The van der Waals surface area contributed by atoms with E-state index in [1.54, 1.807) is 0 Å². The normalized spacial score (nSPS) is 15.9. The summed E-state index contributed by atoms with van der Waals surface area (Å²) in [6.45, 7) is 9.57. The van der Waals surface area contributed by atoms with Crippen molar-refractivity contribution in [2.24, 2.45) is 16.8 Å². The Morgan fingerprint density at radius 1 is 1.04 bits per heavy atom. The van der Waals surface area contributed by atoms with Crippen molar-refractivity contribution >= 4 is 11.9 Å². The Labute approximate surface area is 142 Å². The van der Waals surface area contributed by atoms with Gasteiger partial charge in [-0.15, -0.1) is 0 Å². The van der Waals surface area contributed by atoms with Gasteiger partial charge in [0.25, 0.3) is 0 Å². The van der Waals surface area contributed by atoms with Gasteiger partial charge in [0.1, 0.15) is 0 Å². The first-order valence-corrected chi connectivity index (χ1v) is 9.48. The monoisotopic (exact) mass is 324 g/mol. The third-order valence-electron chi connectivity index (χ3n) is 4.69. The molecule has 1 rings (SSSR count). The highest BCUT2D eigenvalue weighted by molar-refractivity contribution is 5.80. The number of hydrogen-bond acceptors (Lipinski definition) is 2. The molecule has 0 aromatic rings. The molecule has 0 heterocycles. The molecule has 23 heavy (non-hydrogen) atoms. The number of carbonyl (C=O) groups excluding carboxylic acids is 1. The van der Waals surface area contributed by atoms with E-state index in [1.165, 1.54) is 25.7 Å². The van der Waals surface area contributed by atoms with Crippen molar-refractivity contribution in [1.82, 2.24) is 16.0 Å². The molecule has 5 heteroatoms. The van der Waals surface area contributed by atoms with Gasteiger partial charge in [-0.05, 0) is 31.6 Å². The highest BCUT2D eigenvalue weighted by Gasteiger charge is 2.17. The average molecular weight is 325 g/mol. The molecule has 3 N–H and O–H groups in total. The number of hydrogen-bond donors (Lipinski definition) is 3. The van der Waals surface area contributed by atoms with Gasteiger partial charge in [-0.2, -0.15) is 0 Å². The van der Waals surface area contributed by atoms with Crippen molar-refractivity contribution < 1.29 is 4.79 Å². The smallest absolute Gasteiger partial charge is 0.220 e. The van der Waals surface area contributed by atoms with E-state index in [4.69, 9.17) is 0 Å². The summed E-state index contributed by atoms with van der Waals surface area (Å²) in [5, 5.41) is 9.57. The summed E-state index contributed by atoms with van der Waals surface area (Å²) in [5.74, 6) is 2.31. The number of amides is 1. The van der Waals surface area contributed by atoms with Crippen LogP contribution < -0.4 is 16.0 Å². The number of nitrogens with one attached hydrogen (secondary N) is 3. The third kappa shape index (κ3) is 8.82. The van der Waals surface area contributed by atoms with E-state index in [0.717, 1.165) is 31.9 Å². The van der Waals surface area contributed by atoms with Crippen LogP contribution in [0.1, 0.15) is 65.7 Å². The first-order valence-electron chi connectivity index (χ1n) is 9.48. The van der Waals surface area contributed by atoms with Crippen LogP contribution >= 0.6 is 0 Å². The number of aliphatic imine (C=N–C) groups is 1. The molecular weight excluding hydrogens is 288 g/mol. The molecule has 0 bridgehead atoms. The summed E-state index contributed by atoms with van der Waals surface area (Å²) in [6, 6.07) is 0. The predicted molar refractivity (Wildman–Crippen MR) is 97.6 cm³/mol. The fraction of sp³-hybridized carbons (Fsp3) is 0.889. The Bertz CT molecular complexity index is 347. The van der Waals surface area contributed by atoms with Gasteiger partial charge in [-0.3, -0.25) is 9.79 Å². The molecule has 0 atom stereocenters. The zero-order valence-electron chi connectivity index (χ0n) is 15.3. The van der Waals surface area contributed by atoms with Gasteiger partial charge in [0, 0.05) is 32.6 Å². The minimum Gasteiger partial charge on any atom is -0.357 e. The molecular formula is C18H36N4O. The van der Waals surface area contributed by atoms with E-state index in [9.17, 15) is 4.79 Å². The van der Waals surface area contributed by atoms with Crippen molar-refractivity contribution in [2.45, 2.75) is 65.7 Å². The molecule has 1 aliphatic carbocycles. The molecule has 0 radical (unpaired) electrons. The SMILES string of the molecule is CCNC(=NCC(CC)CC)NCCNC(=O)CC1CCCC1. The van der Waals surface area contributed by atoms with Crippen LogP contribution in [0.4, 0.5) is 0 Å². The molecule has 1 aliphatic rings. The fourth-order valence-electron chi connectivity index (χ4n) is 3.04. The molecule has 1 amide bonds. The molecule has 0 spiro atoms. The lowest BCUT2D eigenvalue weighted by Crippen LogP contribution is -2.42. The molecule has 5 nitrogen and oxygen atoms in total. The van der Waals surface area contributed by atoms with Crippen LogP contribution in [-0.2, 0) is 4.79 Å². The zero-order chi connectivity index (χ0) is 16.9. The molecule has 0 aromatic heterocycles. The van der Waals surface area contributed by atoms with Crippen LogP contribution in [0.2, 0.25) is 0 Å². The van der Waals surface area contributed by atoms with Crippen molar-refractivity contribution in [3.8, 4) is 0 Å². The predicted octanol–water partition coefficient (Wildman–Crippen LogP) is 2.67. The van der Waals surface area contributed by atoms with Gasteiger partial charge in [0.05, 0.1) is 0 Å². The summed E-state index contributed by atoms with van der Waals surface area (Å²) in [5.41, 5.74) is 0. The highest BCUT2D eigenvalue weighted by atomic mass is 16.1. The molecule has 0 unspecified atom stereocenters. The summed E-state index contributed by atoms with van der Waals surface area (Å²) in [7, 11) is 0. The summed E-state index contributed by atoms with van der Waals surface area (Å²) in [4.78, 5) is 16.5. The highest BCUT2D eigenvalue weighted by Crippen LogP contribution is 2.27. The first kappa shape index (κ1) is 19.8. The van der Waals surface area contributed by atoms with Crippen LogP contribution in [0.25, 0.3) is 0 Å². The van der Waals surface area contributed by atoms with E-state index in [1.807, 2.05) is 0 Å². The summed E-state index contributed by atoms with van der Waals surface area (Å²) < 4.78 is 0. The molecule has 0 aliphatic heterocycles. The standard InChI is InChI=1S/C18H36N4O/c1-4-15(5-2)14-22-18(19-6-3)21-12-11-20-17(23)13-16-9-7-8-10-16/h15-16H,4-14H2,1-3H3,(H,20,23)(H2,19,21,22). The number of rotatable bonds is 10. The summed E-state index contributed by atoms with van der Waals surface area (Å²) >= 11 is 0. The summed E-state index contributed by atoms with van der Waals surface area (Å²) in [6.07, 6.45) is 8.05. The Kier molecular flexibility index (Phi) is 10.5. The van der Waals surface area contributed by atoms with Crippen molar-refractivity contribution in [1.29, 1.82) is 0 Å². The minimum absolute atomic E-state index is 0.192. The second-order valence-corrected chi connectivity index (χ2v) is 6.53. The molecule has 0 aromatic carbocycles. The van der Waals surface area contributed by atoms with Crippen LogP contribution in [0, 0.1) is 11.8 Å². The van der Waals surface area contributed by atoms with Crippen molar-refractivity contribution in [2.75, 3.05) is 26.2 Å². The maximum atomic E-state index is 11.9. The van der Waals surface area contributed by atoms with Gasteiger partial charge < -0.3 is 16.0 Å². The van der Waals surface area contributed by atoms with Gasteiger partial charge in [-0.1, -0.05) is 39.5 Å². The van der Waals surface area contributed by atoms with E-state index in [0.29, 0.717) is 31.3 Å². The maximum absolute atomic E-state index is 11.9. The Morgan fingerprint density at radius 3 is 2.30 bits per heavy atom. The molecule has 0 saturated heterocycles. The lowest BCUT2D eigenvalue weighted by Gasteiger charge is -2.14. The number of nitrogens with zero attached hydrogens (tertiary/aromatic N) is 1. The topological polar surface area (TPSA) is 65.5 Å². The largest absolute Gasteiger partial charge is 0.357 e. The van der Waals surface area contributed by atoms with Crippen molar-refractivity contribution in [3.05, 3.63) is 0 Å². The number of guanidine groups is 1. The molecule has 1 saturated carbocycles. The average Bonchev–Trinajstić information content (AvgIpc) is 3.05. The lowest BCUT2D eigenvalue weighted by atomic mass is 10.0. The van der Waals surface area contributed by atoms with E-state index >= 15 is 0 Å². The van der Waals surface area contributed by atoms with Gasteiger partial charge in [0.2, 0.25) is 5.91 Å². The van der Waals surface area contributed by atoms with Gasteiger partial charge in [0.15, 0.2) is 5.96 Å². The Hall–Kier alpha value is -1.26. The minimum atomic E-state index is 0.192. The maximum Gasteiger partial charge on any atom is 0.220 e. The van der Waals surface area contributed by atoms with Gasteiger partial charge in [-0.25, -0.2) is 0 Å². The Morgan fingerprint density at radius 2 is 1.70 bits per heavy atom.